The van der Waals surface area contributed by atoms with Gasteiger partial charge in [0.2, 0.25) is 0 Å². The molecule has 0 spiro atoms. The number of aliphatic hydroxyl groups is 1. The normalized spacial score (nSPS) is 20.3. The molecule has 29 heavy (non-hydrogen) atoms. The Labute approximate surface area is 174 Å². The van der Waals surface area contributed by atoms with Crippen molar-refractivity contribution in [2.24, 2.45) is 5.92 Å². The van der Waals surface area contributed by atoms with E-state index in [1.54, 1.807) is 0 Å². The van der Waals surface area contributed by atoms with E-state index in [1.165, 1.54) is 44.8 Å². The molecule has 6 nitrogen and oxygen atoms in total. The minimum atomic E-state index is -0.548. The smallest absolute Gasteiger partial charge is 0.308 e. The molecule has 1 aliphatic carbocycles. The predicted octanol–water partition coefficient (Wildman–Crippen LogP) is 2.73. The molecule has 0 bridgehead atoms. The summed E-state index contributed by atoms with van der Waals surface area (Å²) >= 11 is 0. The molecule has 1 unspecified atom stereocenters. The van der Waals surface area contributed by atoms with E-state index in [0.717, 1.165) is 38.2 Å². The van der Waals surface area contributed by atoms with Crippen LogP contribution in [0, 0.1) is 5.92 Å². The molecule has 0 aromatic heterocycles. The van der Waals surface area contributed by atoms with Crippen LogP contribution in [-0.2, 0) is 16.1 Å². The standard InChI is InChI=1S/C23H36N2O4/c1-28-23(27)19-10-12-25(13-11-19)16-21(26)17-29-22-9-5-6-18(14-22)15-24-20-7-3-2-4-8-20/h5-6,9,14,19-21,24,26H,2-4,7-8,10-13,15-17H2,1H3. The number of likely N-dealkylation sites (tertiary alicyclic amines) is 1. The van der Waals surface area contributed by atoms with Crippen LogP contribution in [0.1, 0.15) is 50.5 Å². The molecular weight excluding hydrogens is 368 g/mol. The van der Waals surface area contributed by atoms with E-state index in [9.17, 15) is 9.90 Å². The number of rotatable bonds is 9. The Kier molecular flexibility index (Phi) is 8.77. The van der Waals surface area contributed by atoms with E-state index >= 15 is 0 Å². The van der Waals surface area contributed by atoms with Crippen molar-refractivity contribution in [3.05, 3.63) is 29.8 Å². The number of piperidine rings is 1. The zero-order valence-corrected chi connectivity index (χ0v) is 17.6. The van der Waals surface area contributed by atoms with Crippen LogP contribution in [0.5, 0.6) is 5.75 Å². The Balaban J connectivity index is 1.36. The summed E-state index contributed by atoms with van der Waals surface area (Å²) in [5.74, 6) is 0.678. The van der Waals surface area contributed by atoms with Crippen LogP contribution in [0.3, 0.4) is 0 Å². The summed E-state index contributed by atoms with van der Waals surface area (Å²) < 4.78 is 10.7. The summed E-state index contributed by atoms with van der Waals surface area (Å²) in [7, 11) is 1.44. The zero-order valence-electron chi connectivity index (χ0n) is 17.6. The Hall–Kier alpha value is -1.63. The van der Waals surface area contributed by atoms with E-state index in [4.69, 9.17) is 9.47 Å². The molecule has 1 saturated heterocycles. The number of ether oxygens (including phenoxy) is 2. The van der Waals surface area contributed by atoms with Crippen molar-refractivity contribution in [1.82, 2.24) is 10.2 Å². The largest absolute Gasteiger partial charge is 0.491 e. The maximum atomic E-state index is 11.6. The van der Waals surface area contributed by atoms with Gasteiger partial charge in [0.25, 0.3) is 0 Å². The van der Waals surface area contributed by atoms with Gasteiger partial charge in [-0.15, -0.1) is 0 Å². The molecule has 0 amide bonds. The van der Waals surface area contributed by atoms with Gasteiger partial charge in [0.05, 0.1) is 13.0 Å². The average Bonchev–Trinajstić information content (AvgIpc) is 2.77. The lowest BCUT2D eigenvalue weighted by Gasteiger charge is -2.31. The first-order chi connectivity index (χ1) is 14.1. The lowest BCUT2D eigenvalue weighted by atomic mass is 9.95. The monoisotopic (exact) mass is 404 g/mol. The third kappa shape index (κ3) is 7.28. The SMILES string of the molecule is COC(=O)C1CCN(CC(O)COc2cccc(CNC3CCCCC3)c2)CC1. The second-order valence-electron chi connectivity index (χ2n) is 8.43. The quantitative estimate of drug-likeness (QED) is 0.617. The Morgan fingerprint density at radius 2 is 1.97 bits per heavy atom. The lowest BCUT2D eigenvalue weighted by molar-refractivity contribution is -0.147. The number of benzene rings is 1. The molecule has 3 rings (SSSR count). The first-order valence-corrected chi connectivity index (χ1v) is 11.1. The first-order valence-electron chi connectivity index (χ1n) is 11.1. The van der Waals surface area contributed by atoms with Crippen LogP contribution in [0.25, 0.3) is 0 Å². The van der Waals surface area contributed by atoms with Crippen molar-refractivity contribution in [2.75, 3.05) is 33.4 Å². The molecule has 162 valence electrons. The Bertz CT molecular complexity index is 625. The molecule has 0 radical (unpaired) electrons. The van der Waals surface area contributed by atoms with Gasteiger partial charge < -0.3 is 24.8 Å². The number of hydrogen-bond acceptors (Lipinski definition) is 6. The minimum absolute atomic E-state index is 0.00500. The lowest BCUT2D eigenvalue weighted by Crippen LogP contribution is -2.42. The van der Waals surface area contributed by atoms with Crippen molar-refractivity contribution in [3.63, 3.8) is 0 Å². The van der Waals surface area contributed by atoms with Gasteiger partial charge in [-0.2, -0.15) is 0 Å². The second kappa shape index (κ2) is 11.5. The third-order valence-corrected chi connectivity index (χ3v) is 6.13. The van der Waals surface area contributed by atoms with Gasteiger partial charge in [-0.1, -0.05) is 31.4 Å². The highest BCUT2D eigenvalue weighted by atomic mass is 16.5. The number of β-amino-alcohol motifs (C(OH)–C–C–N with tert-alkyl or cyclic N) is 1. The van der Waals surface area contributed by atoms with Crippen LogP contribution in [0.2, 0.25) is 0 Å². The molecule has 6 heteroatoms. The molecule has 2 fully saturated rings. The van der Waals surface area contributed by atoms with E-state index in [0.29, 0.717) is 12.6 Å². The van der Waals surface area contributed by atoms with Crippen molar-refractivity contribution in [3.8, 4) is 5.75 Å². The number of hydrogen-bond donors (Lipinski definition) is 2. The molecule has 1 aromatic carbocycles. The van der Waals surface area contributed by atoms with Crippen molar-refractivity contribution >= 4 is 5.97 Å². The number of nitrogens with one attached hydrogen (secondary N) is 1. The van der Waals surface area contributed by atoms with Gasteiger partial charge in [0, 0.05) is 19.1 Å². The molecular formula is C23H36N2O4. The van der Waals surface area contributed by atoms with Crippen LogP contribution in [0.4, 0.5) is 0 Å². The van der Waals surface area contributed by atoms with E-state index in [2.05, 4.69) is 22.3 Å². The Morgan fingerprint density at radius 1 is 1.21 bits per heavy atom. The van der Waals surface area contributed by atoms with Gasteiger partial charge in [-0.05, 0) is 56.5 Å². The molecule has 2 aliphatic rings. The van der Waals surface area contributed by atoms with E-state index < -0.39 is 6.10 Å². The number of carbonyl (C=O) groups is 1. The van der Waals surface area contributed by atoms with Gasteiger partial charge in [-0.25, -0.2) is 0 Å². The second-order valence-corrected chi connectivity index (χ2v) is 8.43. The van der Waals surface area contributed by atoms with E-state index in [1.807, 2.05) is 12.1 Å². The molecule has 2 N–H and O–H groups in total. The molecule has 1 aliphatic heterocycles. The summed E-state index contributed by atoms with van der Waals surface area (Å²) in [5, 5.41) is 14.0. The highest BCUT2D eigenvalue weighted by molar-refractivity contribution is 5.72. The summed E-state index contributed by atoms with van der Waals surface area (Å²) in [6, 6.07) is 8.77. The fourth-order valence-electron chi connectivity index (χ4n) is 4.38. The Morgan fingerprint density at radius 3 is 2.69 bits per heavy atom. The van der Waals surface area contributed by atoms with Gasteiger partial charge >= 0.3 is 5.97 Å². The van der Waals surface area contributed by atoms with Gasteiger partial charge in [0.1, 0.15) is 18.5 Å². The summed E-state index contributed by atoms with van der Waals surface area (Å²) in [6.07, 6.45) is 7.62. The molecule has 1 heterocycles. The number of esters is 1. The van der Waals surface area contributed by atoms with Gasteiger partial charge in [0.15, 0.2) is 0 Å². The average molecular weight is 405 g/mol. The first kappa shape index (κ1) is 22.1. The summed E-state index contributed by atoms with van der Waals surface area (Å²) in [5.41, 5.74) is 1.22. The summed E-state index contributed by atoms with van der Waals surface area (Å²) in [6.45, 7) is 3.31. The number of methoxy groups -OCH3 is 1. The zero-order chi connectivity index (χ0) is 20.5. The van der Waals surface area contributed by atoms with Crippen LogP contribution in [-0.4, -0.2) is 61.5 Å². The molecule has 1 atom stereocenters. The van der Waals surface area contributed by atoms with E-state index in [-0.39, 0.29) is 18.5 Å². The van der Waals surface area contributed by atoms with Gasteiger partial charge in [-0.3, -0.25) is 4.79 Å². The van der Waals surface area contributed by atoms with Crippen LogP contribution < -0.4 is 10.1 Å². The third-order valence-electron chi connectivity index (χ3n) is 6.13. The number of aliphatic hydroxyl groups excluding tert-OH is 1. The van der Waals surface area contributed by atoms with Crippen LogP contribution in [0.15, 0.2) is 24.3 Å². The van der Waals surface area contributed by atoms with Crippen molar-refractivity contribution in [2.45, 2.75) is 63.6 Å². The molecule has 1 saturated carbocycles. The van der Waals surface area contributed by atoms with Crippen molar-refractivity contribution in [1.29, 1.82) is 0 Å². The fraction of sp³-hybridized carbons (Fsp3) is 0.696. The number of nitrogens with zero attached hydrogens (tertiary/aromatic N) is 1. The predicted molar refractivity (Wildman–Crippen MR) is 113 cm³/mol. The summed E-state index contributed by atoms with van der Waals surface area (Å²) in [4.78, 5) is 13.8. The highest BCUT2D eigenvalue weighted by Crippen LogP contribution is 2.20. The minimum Gasteiger partial charge on any atom is -0.491 e. The van der Waals surface area contributed by atoms with Crippen molar-refractivity contribution < 1.29 is 19.4 Å². The molecule has 1 aromatic rings. The highest BCUT2D eigenvalue weighted by Gasteiger charge is 2.26. The maximum Gasteiger partial charge on any atom is 0.308 e. The topological polar surface area (TPSA) is 71.0 Å². The van der Waals surface area contributed by atoms with Crippen LogP contribution >= 0.6 is 0 Å². The maximum absolute atomic E-state index is 11.6. The number of carbonyl (C=O) groups excluding carboxylic acids is 1. The fourth-order valence-corrected chi connectivity index (χ4v) is 4.38.